The van der Waals surface area contributed by atoms with E-state index in [4.69, 9.17) is 15.4 Å². The second-order valence-corrected chi connectivity index (χ2v) is 7.90. The van der Waals surface area contributed by atoms with Crippen LogP contribution in [-0.4, -0.2) is 33.6 Å². The molecule has 1 fully saturated rings. The predicted octanol–water partition coefficient (Wildman–Crippen LogP) is 2.42. The lowest BCUT2D eigenvalue weighted by molar-refractivity contribution is 0.0696. The number of benzene rings is 1. The standard InChI is InChI=1S/C12H12BrClFNO4S/c13-11-9(15)5-7(6-10(11)21(14,18)19)12(17)16-8-1-3-20-4-2-8/h5-6,8H,1-4H2,(H,16,17). The van der Waals surface area contributed by atoms with Crippen LogP contribution in [0.25, 0.3) is 0 Å². The van der Waals surface area contributed by atoms with E-state index >= 15 is 0 Å². The number of halogens is 3. The van der Waals surface area contributed by atoms with E-state index in [0.717, 1.165) is 12.1 Å². The van der Waals surface area contributed by atoms with Gasteiger partial charge in [-0.1, -0.05) is 0 Å². The number of hydrogen-bond donors (Lipinski definition) is 1. The molecule has 1 aliphatic rings. The molecule has 0 saturated carbocycles. The van der Waals surface area contributed by atoms with Crippen LogP contribution in [0.2, 0.25) is 0 Å². The van der Waals surface area contributed by atoms with Gasteiger partial charge < -0.3 is 10.1 Å². The number of carbonyl (C=O) groups excluding carboxylic acids is 1. The van der Waals surface area contributed by atoms with E-state index in [-0.39, 0.29) is 16.1 Å². The summed E-state index contributed by atoms with van der Waals surface area (Å²) in [5, 5.41) is 2.72. The van der Waals surface area contributed by atoms with Crippen molar-refractivity contribution >= 4 is 41.6 Å². The number of hydrogen-bond acceptors (Lipinski definition) is 4. The fourth-order valence-electron chi connectivity index (χ4n) is 1.98. The maximum Gasteiger partial charge on any atom is 0.262 e. The third-order valence-corrected chi connectivity index (χ3v) is 5.49. The molecule has 1 N–H and O–H groups in total. The van der Waals surface area contributed by atoms with Crippen molar-refractivity contribution in [1.82, 2.24) is 5.32 Å². The van der Waals surface area contributed by atoms with Crippen LogP contribution in [0, 0.1) is 5.82 Å². The molecule has 116 valence electrons. The van der Waals surface area contributed by atoms with Crippen molar-refractivity contribution in [1.29, 1.82) is 0 Å². The van der Waals surface area contributed by atoms with Crippen LogP contribution >= 0.6 is 26.6 Å². The molecule has 0 bridgehead atoms. The lowest BCUT2D eigenvalue weighted by Gasteiger charge is -2.23. The minimum Gasteiger partial charge on any atom is -0.381 e. The summed E-state index contributed by atoms with van der Waals surface area (Å²) >= 11 is 2.81. The number of carbonyl (C=O) groups is 1. The summed E-state index contributed by atoms with van der Waals surface area (Å²) in [4.78, 5) is 11.6. The highest BCUT2D eigenvalue weighted by Crippen LogP contribution is 2.29. The van der Waals surface area contributed by atoms with Crippen molar-refractivity contribution in [2.45, 2.75) is 23.8 Å². The summed E-state index contributed by atoms with van der Waals surface area (Å²) in [6, 6.07) is 1.93. The maximum atomic E-state index is 13.7. The zero-order valence-corrected chi connectivity index (χ0v) is 13.9. The Morgan fingerprint density at radius 3 is 2.57 bits per heavy atom. The van der Waals surface area contributed by atoms with E-state index in [1.165, 1.54) is 0 Å². The van der Waals surface area contributed by atoms with Gasteiger partial charge in [0.2, 0.25) is 0 Å². The fourth-order valence-corrected chi connectivity index (χ4v) is 4.08. The molecule has 1 saturated heterocycles. The minimum absolute atomic E-state index is 0.0750. The van der Waals surface area contributed by atoms with Crippen molar-refractivity contribution in [3.63, 3.8) is 0 Å². The van der Waals surface area contributed by atoms with Crippen LogP contribution in [0.15, 0.2) is 21.5 Å². The van der Waals surface area contributed by atoms with Crippen molar-refractivity contribution in [3.05, 3.63) is 28.0 Å². The van der Waals surface area contributed by atoms with E-state index in [1.54, 1.807) is 0 Å². The van der Waals surface area contributed by atoms with E-state index in [2.05, 4.69) is 21.2 Å². The number of rotatable bonds is 3. The Labute approximate surface area is 134 Å². The summed E-state index contributed by atoms with van der Waals surface area (Å²) in [5.74, 6) is -1.41. The van der Waals surface area contributed by atoms with E-state index in [1.807, 2.05) is 0 Å². The molecule has 1 amide bonds. The molecule has 1 aromatic carbocycles. The molecular formula is C12H12BrClFNO4S. The third kappa shape index (κ3) is 4.15. The van der Waals surface area contributed by atoms with Gasteiger partial charge in [0.05, 0.1) is 4.47 Å². The number of amides is 1. The molecule has 1 aromatic rings. The van der Waals surface area contributed by atoms with Crippen LogP contribution in [0.5, 0.6) is 0 Å². The average molecular weight is 401 g/mol. The smallest absolute Gasteiger partial charge is 0.262 e. The van der Waals surface area contributed by atoms with Gasteiger partial charge in [-0.15, -0.1) is 0 Å². The normalized spacial score (nSPS) is 16.7. The lowest BCUT2D eigenvalue weighted by atomic mass is 10.1. The van der Waals surface area contributed by atoms with Gasteiger partial charge in [-0.2, -0.15) is 0 Å². The van der Waals surface area contributed by atoms with E-state index in [9.17, 15) is 17.6 Å². The molecule has 0 unspecified atom stereocenters. The summed E-state index contributed by atoms with van der Waals surface area (Å²) in [6.07, 6.45) is 1.32. The molecule has 21 heavy (non-hydrogen) atoms. The van der Waals surface area contributed by atoms with Gasteiger partial charge in [-0.3, -0.25) is 4.79 Å². The highest BCUT2D eigenvalue weighted by Gasteiger charge is 2.23. The molecule has 5 nitrogen and oxygen atoms in total. The van der Waals surface area contributed by atoms with Crippen molar-refractivity contribution in [2.75, 3.05) is 13.2 Å². The molecule has 2 rings (SSSR count). The first-order valence-corrected chi connectivity index (χ1v) is 9.21. The Bertz CT molecular complexity index is 661. The number of ether oxygens (including phenoxy) is 1. The van der Waals surface area contributed by atoms with Crippen LogP contribution in [0.1, 0.15) is 23.2 Å². The minimum atomic E-state index is -4.16. The quantitative estimate of drug-likeness (QED) is 0.791. The summed E-state index contributed by atoms with van der Waals surface area (Å²) in [5.41, 5.74) is -0.0959. The van der Waals surface area contributed by atoms with Crippen LogP contribution < -0.4 is 5.32 Å². The summed E-state index contributed by atoms with van der Waals surface area (Å²) in [6.45, 7) is 1.09. The van der Waals surface area contributed by atoms with Crippen LogP contribution in [0.4, 0.5) is 4.39 Å². The largest absolute Gasteiger partial charge is 0.381 e. The average Bonchev–Trinajstić information content (AvgIpc) is 2.41. The van der Waals surface area contributed by atoms with Gasteiger partial charge in [0.15, 0.2) is 0 Å². The van der Waals surface area contributed by atoms with Crippen LogP contribution in [0.3, 0.4) is 0 Å². The first kappa shape index (κ1) is 16.7. The van der Waals surface area contributed by atoms with Gasteiger partial charge in [0.25, 0.3) is 15.0 Å². The van der Waals surface area contributed by atoms with Crippen molar-refractivity contribution in [2.24, 2.45) is 0 Å². The molecular weight excluding hydrogens is 389 g/mol. The second kappa shape index (κ2) is 6.60. The van der Waals surface area contributed by atoms with Crippen molar-refractivity contribution in [3.8, 4) is 0 Å². The van der Waals surface area contributed by atoms with Gasteiger partial charge in [0, 0.05) is 35.5 Å². The molecule has 0 spiro atoms. The Hall–Kier alpha value is -0.700. The molecule has 1 aliphatic heterocycles. The molecule has 0 aliphatic carbocycles. The summed E-state index contributed by atoms with van der Waals surface area (Å²) < 4.78 is 41.4. The van der Waals surface area contributed by atoms with Gasteiger partial charge in [-0.25, -0.2) is 12.8 Å². The Balaban J connectivity index is 2.27. The SMILES string of the molecule is O=C(NC1CCOCC1)c1cc(F)c(Br)c(S(=O)(=O)Cl)c1. The summed E-state index contributed by atoms with van der Waals surface area (Å²) in [7, 11) is 1.07. The number of nitrogens with one attached hydrogen (secondary N) is 1. The molecule has 1 heterocycles. The van der Waals surface area contributed by atoms with Crippen LogP contribution in [-0.2, 0) is 13.8 Å². The monoisotopic (exact) mass is 399 g/mol. The Morgan fingerprint density at radius 1 is 1.38 bits per heavy atom. The van der Waals surface area contributed by atoms with Gasteiger partial charge in [-0.05, 0) is 40.9 Å². The zero-order chi connectivity index (χ0) is 15.6. The third-order valence-electron chi connectivity index (χ3n) is 3.08. The second-order valence-electron chi connectivity index (χ2n) is 4.57. The van der Waals surface area contributed by atoms with E-state index < -0.39 is 25.7 Å². The molecule has 0 atom stereocenters. The topological polar surface area (TPSA) is 72.5 Å². The molecule has 0 aromatic heterocycles. The van der Waals surface area contributed by atoms with E-state index in [0.29, 0.717) is 26.1 Å². The van der Waals surface area contributed by atoms with Gasteiger partial charge >= 0.3 is 0 Å². The Kier molecular flexibility index (Phi) is 5.24. The highest BCUT2D eigenvalue weighted by molar-refractivity contribution is 9.10. The highest BCUT2D eigenvalue weighted by atomic mass is 79.9. The first-order chi connectivity index (χ1) is 9.79. The maximum absolute atomic E-state index is 13.7. The first-order valence-electron chi connectivity index (χ1n) is 6.11. The van der Waals surface area contributed by atoms with Gasteiger partial charge in [0.1, 0.15) is 10.7 Å². The predicted molar refractivity (Wildman–Crippen MR) is 78.4 cm³/mol. The molecule has 9 heteroatoms. The molecule has 0 radical (unpaired) electrons. The zero-order valence-electron chi connectivity index (χ0n) is 10.7. The van der Waals surface area contributed by atoms with Crippen molar-refractivity contribution < 1.29 is 22.3 Å². The Morgan fingerprint density at radius 2 is 2.00 bits per heavy atom. The lowest BCUT2D eigenvalue weighted by Crippen LogP contribution is -2.39. The fraction of sp³-hybridized carbons (Fsp3) is 0.417.